The summed E-state index contributed by atoms with van der Waals surface area (Å²) in [5, 5.41) is 11.6. The van der Waals surface area contributed by atoms with Crippen LogP contribution >= 0.6 is 22.6 Å². The number of carboxylic acids is 1. The molecule has 6 nitrogen and oxygen atoms in total. The smallest absolute Gasteiger partial charge is 0.408 e. The Bertz CT molecular complexity index is 539. The van der Waals surface area contributed by atoms with Gasteiger partial charge in [0.15, 0.2) is 6.04 Å². The minimum Gasteiger partial charge on any atom is -0.496 e. The van der Waals surface area contributed by atoms with Gasteiger partial charge in [0.1, 0.15) is 11.4 Å². The van der Waals surface area contributed by atoms with Crippen LogP contribution in [-0.2, 0) is 9.53 Å². The first kappa shape index (κ1) is 17.5. The molecule has 1 atom stereocenters. The van der Waals surface area contributed by atoms with E-state index >= 15 is 0 Å². The van der Waals surface area contributed by atoms with Crippen molar-refractivity contribution in [2.45, 2.75) is 32.4 Å². The largest absolute Gasteiger partial charge is 0.496 e. The molecule has 0 bridgehead atoms. The number of benzene rings is 1. The summed E-state index contributed by atoms with van der Waals surface area (Å²) in [6.07, 6.45) is -0.777. The number of methoxy groups -OCH3 is 1. The van der Waals surface area contributed by atoms with Crippen molar-refractivity contribution in [3.05, 3.63) is 27.3 Å². The van der Waals surface area contributed by atoms with Gasteiger partial charge in [-0.15, -0.1) is 0 Å². The Kier molecular flexibility index (Phi) is 5.82. The van der Waals surface area contributed by atoms with Crippen molar-refractivity contribution in [1.82, 2.24) is 5.32 Å². The van der Waals surface area contributed by atoms with Crippen LogP contribution in [0.15, 0.2) is 18.2 Å². The van der Waals surface area contributed by atoms with E-state index in [-0.39, 0.29) is 0 Å². The second-order valence-corrected chi connectivity index (χ2v) is 6.47. The van der Waals surface area contributed by atoms with Gasteiger partial charge in [-0.3, -0.25) is 0 Å². The lowest BCUT2D eigenvalue weighted by Crippen LogP contribution is -2.38. The minimum atomic E-state index is -1.18. The number of carbonyl (C=O) groups excluding carboxylic acids is 1. The van der Waals surface area contributed by atoms with Gasteiger partial charge in [-0.25, -0.2) is 9.59 Å². The highest BCUT2D eigenvalue weighted by atomic mass is 127. The number of rotatable bonds is 4. The van der Waals surface area contributed by atoms with Crippen LogP contribution in [0, 0.1) is 3.57 Å². The van der Waals surface area contributed by atoms with Crippen LogP contribution in [0.1, 0.15) is 32.4 Å². The van der Waals surface area contributed by atoms with E-state index < -0.39 is 23.7 Å². The molecular formula is C14H18INO5. The molecule has 0 unspecified atom stereocenters. The van der Waals surface area contributed by atoms with Crippen LogP contribution in [0.4, 0.5) is 4.79 Å². The molecule has 0 aliphatic rings. The van der Waals surface area contributed by atoms with E-state index in [9.17, 15) is 14.7 Å². The molecule has 116 valence electrons. The van der Waals surface area contributed by atoms with E-state index in [0.717, 1.165) is 3.57 Å². The van der Waals surface area contributed by atoms with Gasteiger partial charge < -0.3 is 19.9 Å². The highest BCUT2D eigenvalue weighted by molar-refractivity contribution is 14.1. The van der Waals surface area contributed by atoms with Gasteiger partial charge in [0, 0.05) is 0 Å². The molecule has 1 amide bonds. The maximum Gasteiger partial charge on any atom is 0.408 e. The number of hydrogen-bond donors (Lipinski definition) is 2. The Hall–Kier alpha value is -1.51. The quantitative estimate of drug-likeness (QED) is 0.750. The van der Waals surface area contributed by atoms with Crippen molar-refractivity contribution in [2.75, 3.05) is 7.11 Å². The third-order valence-corrected chi connectivity index (χ3v) is 3.26. The molecule has 0 aliphatic carbocycles. The monoisotopic (exact) mass is 407 g/mol. The zero-order chi connectivity index (χ0) is 16.2. The lowest BCUT2D eigenvalue weighted by Gasteiger charge is -2.22. The van der Waals surface area contributed by atoms with Gasteiger partial charge in [-0.05, 0) is 61.1 Å². The first-order chi connectivity index (χ1) is 9.64. The van der Waals surface area contributed by atoms with E-state index in [0.29, 0.717) is 11.3 Å². The van der Waals surface area contributed by atoms with Crippen molar-refractivity contribution < 1.29 is 24.2 Å². The summed E-state index contributed by atoms with van der Waals surface area (Å²) in [7, 11) is 1.53. The van der Waals surface area contributed by atoms with Gasteiger partial charge in [0.2, 0.25) is 0 Å². The highest BCUT2D eigenvalue weighted by Gasteiger charge is 2.25. The molecule has 0 aromatic heterocycles. The van der Waals surface area contributed by atoms with Crippen LogP contribution in [0.3, 0.4) is 0 Å². The summed E-state index contributed by atoms with van der Waals surface area (Å²) in [6.45, 7) is 5.12. The van der Waals surface area contributed by atoms with Crippen LogP contribution in [-0.4, -0.2) is 29.9 Å². The number of amides is 1. The Labute approximate surface area is 137 Å². The zero-order valence-electron chi connectivity index (χ0n) is 12.3. The second-order valence-electron chi connectivity index (χ2n) is 5.31. The van der Waals surface area contributed by atoms with Crippen LogP contribution < -0.4 is 10.1 Å². The summed E-state index contributed by atoms with van der Waals surface area (Å²) in [4.78, 5) is 23.1. The lowest BCUT2D eigenvalue weighted by molar-refractivity contribution is -0.139. The molecule has 0 spiro atoms. The van der Waals surface area contributed by atoms with Crippen LogP contribution in [0.25, 0.3) is 0 Å². The van der Waals surface area contributed by atoms with Gasteiger partial charge in [-0.2, -0.15) is 0 Å². The predicted octanol–water partition coefficient (Wildman–Crippen LogP) is 2.95. The number of aliphatic carboxylic acids is 1. The van der Waals surface area contributed by atoms with Crippen molar-refractivity contribution in [2.24, 2.45) is 0 Å². The first-order valence-corrected chi connectivity index (χ1v) is 7.27. The van der Waals surface area contributed by atoms with E-state index in [1.54, 1.807) is 39.0 Å². The van der Waals surface area contributed by atoms with Crippen molar-refractivity contribution in [3.8, 4) is 5.75 Å². The van der Waals surface area contributed by atoms with Gasteiger partial charge in [0.25, 0.3) is 0 Å². The molecule has 1 aromatic carbocycles. The van der Waals surface area contributed by atoms with Crippen molar-refractivity contribution in [1.29, 1.82) is 0 Å². The molecule has 1 rings (SSSR count). The molecule has 2 N–H and O–H groups in total. The van der Waals surface area contributed by atoms with Crippen LogP contribution in [0.2, 0.25) is 0 Å². The number of nitrogens with one attached hydrogen (secondary N) is 1. The molecule has 0 saturated heterocycles. The van der Waals surface area contributed by atoms with E-state index in [4.69, 9.17) is 9.47 Å². The molecule has 0 radical (unpaired) electrons. The Morgan fingerprint density at radius 1 is 1.33 bits per heavy atom. The third kappa shape index (κ3) is 5.41. The van der Waals surface area contributed by atoms with Gasteiger partial charge in [0.05, 0.1) is 10.7 Å². The topological polar surface area (TPSA) is 84.9 Å². The summed E-state index contributed by atoms with van der Waals surface area (Å²) >= 11 is 2.04. The molecule has 0 heterocycles. The van der Waals surface area contributed by atoms with E-state index in [1.165, 1.54) is 7.11 Å². The average Bonchev–Trinajstić information content (AvgIpc) is 2.33. The molecule has 7 heteroatoms. The summed E-state index contributed by atoms with van der Waals surface area (Å²) in [5.41, 5.74) is -0.250. The predicted molar refractivity (Wildman–Crippen MR) is 85.5 cm³/mol. The number of carboxylic acid groups (broad SMARTS) is 1. The molecule has 21 heavy (non-hydrogen) atoms. The number of alkyl carbamates (subject to hydrolysis) is 1. The standard InChI is InChI=1S/C14H18INO5/c1-14(2,3)21-13(19)16-11(12(17)18)8-5-6-10(20-4)9(15)7-8/h5-7,11H,1-4H3,(H,16,19)(H,17,18)/t11-/m1/s1. The fraction of sp³-hybridized carbons (Fsp3) is 0.429. The van der Waals surface area contributed by atoms with E-state index in [1.807, 2.05) is 22.6 Å². The molecule has 0 fully saturated rings. The molecule has 1 aromatic rings. The maximum absolute atomic E-state index is 11.7. The second kappa shape index (κ2) is 6.97. The zero-order valence-corrected chi connectivity index (χ0v) is 14.4. The highest BCUT2D eigenvalue weighted by Crippen LogP contribution is 2.25. The number of hydrogen-bond acceptors (Lipinski definition) is 4. The average molecular weight is 407 g/mol. The van der Waals surface area contributed by atoms with Crippen molar-refractivity contribution in [3.63, 3.8) is 0 Å². The SMILES string of the molecule is COc1ccc([C@@H](NC(=O)OC(C)(C)C)C(=O)O)cc1I. The first-order valence-electron chi connectivity index (χ1n) is 6.20. The lowest BCUT2D eigenvalue weighted by atomic mass is 10.1. The minimum absolute atomic E-state index is 0.443. The van der Waals surface area contributed by atoms with Crippen LogP contribution in [0.5, 0.6) is 5.75 Å². The van der Waals surface area contributed by atoms with Crippen molar-refractivity contribution >= 4 is 34.7 Å². The third-order valence-electron chi connectivity index (χ3n) is 2.42. The molecule has 0 aliphatic heterocycles. The number of halogens is 1. The normalized spacial score (nSPS) is 12.4. The van der Waals surface area contributed by atoms with E-state index in [2.05, 4.69) is 5.32 Å². The summed E-state index contributed by atoms with van der Waals surface area (Å²) in [6, 6.07) is 3.72. The molecular weight excluding hydrogens is 389 g/mol. The summed E-state index contributed by atoms with van der Waals surface area (Å²) in [5.74, 6) is -0.525. The Balaban J connectivity index is 2.95. The molecule has 0 saturated carbocycles. The Morgan fingerprint density at radius 3 is 2.38 bits per heavy atom. The van der Waals surface area contributed by atoms with Gasteiger partial charge >= 0.3 is 12.1 Å². The van der Waals surface area contributed by atoms with Gasteiger partial charge in [-0.1, -0.05) is 6.07 Å². The fourth-order valence-corrected chi connectivity index (χ4v) is 2.33. The fourth-order valence-electron chi connectivity index (χ4n) is 1.58. The maximum atomic E-state index is 11.7. The number of ether oxygens (including phenoxy) is 2. The Morgan fingerprint density at radius 2 is 1.95 bits per heavy atom. The number of carbonyl (C=O) groups is 2. The summed E-state index contributed by atoms with van der Waals surface area (Å²) < 4.78 is 10.9.